The van der Waals surface area contributed by atoms with Crippen LogP contribution in [-0.4, -0.2) is 44.1 Å². The van der Waals surface area contributed by atoms with Crippen molar-refractivity contribution in [1.29, 1.82) is 0 Å². The Labute approximate surface area is 156 Å². The van der Waals surface area contributed by atoms with Gasteiger partial charge in [-0.15, -0.1) is 0 Å². The van der Waals surface area contributed by atoms with Crippen molar-refractivity contribution in [2.24, 2.45) is 0 Å². The molecule has 0 aliphatic rings. The fourth-order valence-electron chi connectivity index (χ4n) is 2.12. The minimum atomic E-state index is -4.24. The number of ether oxygens (including phenoxy) is 2. The van der Waals surface area contributed by atoms with Crippen molar-refractivity contribution in [1.82, 2.24) is 14.7 Å². The fraction of sp³-hybridized carbons (Fsp3) is 0.312. The van der Waals surface area contributed by atoms with E-state index in [-0.39, 0.29) is 27.8 Å². The van der Waals surface area contributed by atoms with Crippen molar-refractivity contribution in [3.63, 3.8) is 0 Å². The van der Waals surface area contributed by atoms with Crippen LogP contribution in [0.4, 0.5) is 0 Å². The normalized spacial score (nSPS) is 12.5. The number of carbonyl (C=O) groups is 1. The summed E-state index contributed by atoms with van der Waals surface area (Å²) >= 11 is 5.92. The molecule has 1 aromatic heterocycles. The minimum absolute atomic E-state index is 0.0494. The number of sulfonamides is 1. The van der Waals surface area contributed by atoms with Gasteiger partial charge < -0.3 is 9.47 Å². The Morgan fingerprint density at radius 2 is 2.12 bits per heavy atom. The number of hydrogen-bond donors (Lipinski definition) is 1. The average molecular weight is 400 g/mol. The highest BCUT2D eigenvalue weighted by molar-refractivity contribution is 7.90. The number of aryl methyl sites for hydroxylation is 1. The number of benzene rings is 1. The van der Waals surface area contributed by atoms with Crippen molar-refractivity contribution in [3.8, 4) is 5.75 Å². The first-order valence-electron chi connectivity index (χ1n) is 7.53. The lowest BCUT2D eigenvalue weighted by molar-refractivity contribution is 0.0900. The summed E-state index contributed by atoms with van der Waals surface area (Å²) in [6, 6.07) is 4.12. The van der Waals surface area contributed by atoms with Crippen molar-refractivity contribution in [3.05, 3.63) is 47.0 Å². The topological polar surface area (TPSA) is 107 Å². The van der Waals surface area contributed by atoms with Gasteiger partial charge in [-0.05, 0) is 32.0 Å². The first-order valence-corrected chi connectivity index (χ1v) is 9.39. The molecule has 0 bridgehead atoms. The zero-order valence-corrected chi connectivity index (χ0v) is 16.0. The van der Waals surface area contributed by atoms with E-state index in [4.69, 9.17) is 21.1 Å². The summed E-state index contributed by atoms with van der Waals surface area (Å²) in [5.74, 6) is -0.792. The quantitative estimate of drug-likeness (QED) is 0.758. The van der Waals surface area contributed by atoms with Crippen LogP contribution in [0.2, 0.25) is 5.02 Å². The van der Waals surface area contributed by atoms with Gasteiger partial charge in [-0.1, -0.05) is 11.6 Å². The standard InChI is InChI=1S/C16H18ClN3O5S/c1-10(8-24-3)25-14-5-4-12(17)6-15(14)26(22,23)20-16(21)13-7-18-9-19-11(13)2/h4-7,9-10H,8H2,1-3H3,(H,20,21). The Hall–Kier alpha value is -2.23. The van der Waals surface area contributed by atoms with Crippen molar-refractivity contribution in [2.75, 3.05) is 13.7 Å². The Balaban J connectivity index is 2.34. The van der Waals surface area contributed by atoms with Crippen LogP contribution in [0.5, 0.6) is 5.75 Å². The number of halogens is 1. The van der Waals surface area contributed by atoms with Gasteiger partial charge in [0.05, 0.1) is 17.9 Å². The predicted molar refractivity (Wildman–Crippen MR) is 94.8 cm³/mol. The molecule has 0 aliphatic carbocycles. The van der Waals surface area contributed by atoms with Gasteiger partial charge in [0, 0.05) is 18.3 Å². The van der Waals surface area contributed by atoms with Crippen LogP contribution in [0.15, 0.2) is 35.6 Å². The Bertz CT molecular complexity index is 905. The third-order valence-corrected chi connectivity index (χ3v) is 4.90. The van der Waals surface area contributed by atoms with E-state index >= 15 is 0 Å². The first-order chi connectivity index (χ1) is 12.2. The van der Waals surface area contributed by atoms with Crippen LogP contribution < -0.4 is 9.46 Å². The molecule has 1 heterocycles. The van der Waals surface area contributed by atoms with Gasteiger partial charge in [-0.25, -0.2) is 23.1 Å². The van der Waals surface area contributed by atoms with E-state index in [1.165, 1.54) is 37.8 Å². The molecule has 2 aromatic rings. The summed E-state index contributed by atoms with van der Waals surface area (Å²) in [5.41, 5.74) is 0.400. The van der Waals surface area contributed by atoms with E-state index in [1.807, 2.05) is 4.72 Å². The van der Waals surface area contributed by atoms with Crippen molar-refractivity contribution >= 4 is 27.5 Å². The largest absolute Gasteiger partial charge is 0.487 e. The lowest BCUT2D eigenvalue weighted by Gasteiger charge is -2.17. The molecule has 140 valence electrons. The number of aromatic nitrogens is 2. The number of carbonyl (C=O) groups excluding carboxylic acids is 1. The van der Waals surface area contributed by atoms with Crippen LogP contribution >= 0.6 is 11.6 Å². The predicted octanol–water partition coefficient (Wildman–Crippen LogP) is 1.97. The SMILES string of the molecule is COCC(C)Oc1ccc(Cl)cc1S(=O)(=O)NC(=O)c1cncnc1C. The molecule has 0 fully saturated rings. The molecule has 2 rings (SSSR count). The monoisotopic (exact) mass is 399 g/mol. The highest BCUT2D eigenvalue weighted by atomic mass is 35.5. The third-order valence-electron chi connectivity index (χ3n) is 3.31. The van der Waals surface area contributed by atoms with E-state index in [0.29, 0.717) is 5.69 Å². The van der Waals surface area contributed by atoms with Gasteiger partial charge in [-0.3, -0.25) is 4.79 Å². The van der Waals surface area contributed by atoms with Crippen LogP contribution in [0.25, 0.3) is 0 Å². The molecule has 1 aromatic carbocycles. The first kappa shape index (κ1) is 20.1. The van der Waals surface area contributed by atoms with Gasteiger partial charge in [0.15, 0.2) is 0 Å². The van der Waals surface area contributed by atoms with Gasteiger partial charge in [0.2, 0.25) is 0 Å². The Morgan fingerprint density at radius 1 is 1.38 bits per heavy atom. The highest BCUT2D eigenvalue weighted by Gasteiger charge is 2.25. The maximum Gasteiger partial charge on any atom is 0.268 e. The molecule has 10 heteroatoms. The molecule has 0 radical (unpaired) electrons. The maximum atomic E-state index is 12.7. The Kier molecular flexibility index (Phi) is 6.52. The molecule has 1 amide bonds. The van der Waals surface area contributed by atoms with Crippen molar-refractivity contribution < 1.29 is 22.7 Å². The second-order valence-electron chi connectivity index (χ2n) is 5.43. The van der Waals surface area contributed by atoms with E-state index in [2.05, 4.69) is 9.97 Å². The number of nitrogens with zero attached hydrogens (tertiary/aromatic N) is 2. The third kappa shape index (κ3) is 4.90. The van der Waals surface area contributed by atoms with Crippen LogP contribution in [0.3, 0.4) is 0 Å². The Morgan fingerprint density at radius 3 is 2.77 bits per heavy atom. The molecule has 1 N–H and O–H groups in total. The molecule has 0 spiro atoms. The van der Waals surface area contributed by atoms with Gasteiger partial charge in [0.25, 0.3) is 15.9 Å². The number of hydrogen-bond acceptors (Lipinski definition) is 7. The molecule has 26 heavy (non-hydrogen) atoms. The van der Waals surface area contributed by atoms with E-state index in [0.717, 1.165) is 0 Å². The summed E-state index contributed by atoms with van der Waals surface area (Å²) in [5, 5.41) is 0.184. The molecular weight excluding hydrogens is 382 g/mol. The van der Waals surface area contributed by atoms with Crippen molar-refractivity contribution in [2.45, 2.75) is 24.8 Å². The average Bonchev–Trinajstić information content (AvgIpc) is 2.56. The summed E-state index contributed by atoms with van der Waals surface area (Å²) in [7, 11) is -2.74. The molecule has 8 nitrogen and oxygen atoms in total. The van der Waals surface area contributed by atoms with E-state index in [9.17, 15) is 13.2 Å². The minimum Gasteiger partial charge on any atom is -0.487 e. The van der Waals surface area contributed by atoms with Crippen LogP contribution in [0.1, 0.15) is 23.0 Å². The van der Waals surface area contributed by atoms with Crippen LogP contribution in [-0.2, 0) is 14.8 Å². The number of nitrogens with one attached hydrogen (secondary N) is 1. The lowest BCUT2D eigenvalue weighted by atomic mass is 10.2. The number of methoxy groups -OCH3 is 1. The fourth-order valence-corrected chi connectivity index (χ4v) is 3.48. The number of amides is 1. The van der Waals surface area contributed by atoms with Gasteiger partial charge in [0.1, 0.15) is 23.1 Å². The summed E-state index contributed by atoms with van der Waals surface area (Å²) in [4.78, 5) is 19.7. The highest BCUT2D eigenvalue weighted by Crippen LogP contribution is 2.28. The summed E-state index contributed by atoms with van der Waals surface area (Å²) < 4.78 is 38.0. The molecule has 1 atom stereocenters. The number of rotatable bonds is 7. The molecular formula is C16H18ClN3O5S. The van der Waals surface area contributed by atoms with E-state index in [1.54, 1.807) is 13.8 Å². The smallest absolute Gasteiger partial charge is 0.268 e. The molecule has 1 unspecified atom stereocenters. The maximum absolute atomic E-state index is 12.7. The van der Waals surface area contributed by atoms with E-state index < -0.39 is 22.0 Å². The zero-order chi connectivity index (χ0) is 19.3. The van der Waals surface area contributed by atoms with Gasteiger partial charge in [-0.2, -0.15) is 0 Å². The zero-order valence-electron chi connectivity index (χ0n) is 14.4. The second-order valence-corrected chi connectivity index (χ2v) is 7.52. The van der Waals surface area contributed by atoms with Gasteiger partial charge >= 0.3 is 0 Å². The lowest BCUT2D eigenvalue weighted by Crippen LogP contribution is -2.32. The second kappa shape index (κ2) is 8.43. The molecule has 0 saturated carbocycles. The molecule has 0 aliphatic heterocycles. The summed E-state index contributed by atoms with van der Waals surface area (Å²) in [6.07, 6.45) is 2.10. The summed E-state index contributed by atoms with van der Waals surface area (Å²) in [6.45, 7) is 3.55. The molecule has 0 saturated heterocycles. The van der Waals surface area contributed by atoms with Crippen LogP contribution in [0, 0.1) is 6.92 Å².